The Kier molecular flexibility index (Phi) is 5.36. The van der Waals surface area contributed by atoms with E-state index < -0.39 is 0 Å². The Bertz CT molecular complexity index is 454. The Labute approximate surface area is 120 Å². The molecule has 1 atom stereocenters. The summed E-state index contributed by atoms with van der Waals surface area (Å²) in [6.45, 7) is 5.35. The number of likely N-dealkylation sites (N-methyl/N-ethyl adjacent to an activating group) is 1. The van der Waals surface area contributed by atoms with E-state index in [0.717, 1.165) is 31.9 Å². The third kappa shape index (κ3) is 3.94. The molecule has 0 radical (unpaired) electrons. The van der Waals surface area contributed by atoms with Gasteiger partial charge in [0.2, 0.25) is 0 Å². The van der Waals surface area contributed by atoms with Gasteiger partial charge in [-0.25, -0.2) is 0 Å². The summed E-state index contributed by atoms with van der Waals surface area (Å²) in [5.41, 5.74) is 6.48. The lowest BCUT2D eigenvalue weighted by Crippen LogP contribution is -2.55. The van der Waals surface area contributed by atoms with Crippen LogP contribution in [0, 0.1) is 11.3 Å². The van der Waals surface area contributed by atoms with E-state index in [1.807, 2.05) is 12.1 Å². The van der Waals surface area contributed by atoms with Gasteiger partial charge in [0.1, 0.15) is 12.4 Å². The molecular formula is C15H22N4O. The molecule has 2 N–H and O–H groups in total. The molecule has 0 aromatic heterocycles. The van der Waals surface area contributed by atoms with Crippen molar-refractivity contribution in [1.82, 2.24) is 9.80 Å². The Morgan fingerprint density at radius 2 is 2.10 bits per heavy atom. The van der Waals surface area contributed by atoms with Gasteiger partial charge in [0, 0.05) is 38.8 Å². The number of piperazine rings is 1. The molecule has 108 valence electrons. The third-order valence-electron chi connectivity index (χ3n) is 3.71. The van der Waals surface area contributed by atoms with Gasteiger partial charge in [0.05, 0.1) is 11.6 Å². The van der Waals surface area contributed by atoms with E-state index in [0.29, 0.717) is 24.8 Å². The van der Waals surface area contributed by atoms with Crippen molar-refractivity contribution in [1.29, 1.82) is 5.26 Å². The number of nitrogens with two attached hydrogens (primary N) is 1. The van der Waals surface area contributed by atoms with E-state index in [1.54, 1.807) is 12.1 Å². The fourth-order valence-corrected chi connectivity index (χ4v) is 2.47. The second-order valence-electron chi connectivity index (χ2n) is 5.17. The van der Waals surface area contributed by atoms with Crippen molar-refractivity contribution < 1.29 is 4.74 Å². The molecule has 1 fully saturated rings. The molecule has 0 spiro atoms. The smallest absolute Gasteiger partial charge is 0.119 e. The Morgan fingerprint density at radius 3 is 2.75 bits per heavy atom. The van der Waals surface area contributed by atoms with Crippen LogP contribution in [0.5, 0.6) is 5.75 Å². The highest BCUT2D eigenvalue weighted by Gasteiger charge is 2.23. The highest BCUT2D eigenvalue weighted by molar-refractivity contribution is 5.34. The number of benzene rings is 1. The summed E-state index contributed by atoms with van der Waals surface area (Å²) in [5.74, 6) is 0.808. The van der Waals surface area contributed by atoms with Gasteiger partial charge in [0.15, 0.2) is 0 Å². The van der Waals surface area contributed by atoms with E-state index in [4.69, 9.17) is 15.7 Å². The Hall–Kier alpha value is -1.61. The average molecular weight is 274 g/mol. The first-order chi connectivity index (χ1) is 9.72. The minimum atomic E-state index is 0.415. The van der Waals surface area contributed by atoms with Crippen LogP contribution in [0.15, 0.2) is 24.3 Å². The fourth-order valence-electron chi connectivity index (χ4n) is 2.47. The minimum absolute atomic E-state index is 0.415. The molecule has 1 aromatic rings. The predicted molar refractivity (Wildman–Crippen MR) is 78.6 cm³/mol. The highest BCUT2D eigenvalue weighted by Crippen LogP contribution is 2.12. The number of nitriles is 1. The SMILES string of the molecule is CN1CCN(CCOc2ccc(C#N)cc2)C(CN)C1. The zero-order valence-corrected chi connectivity index (χ0v) is 12.0. The van der Waals surface area contributed by atoms with E-state index in [9.17, 15) is 0 Å². The molecule has 0 bridgehead atoms. The summed E-state index contributed by atoms with van der Waals surface area (Å²) >= 11 is 0. The van der Waals surface area contributed by atoms with Crippen molar-refractivity contribution in [2.45, 2.75) is 6.04 Å². The molecule has 0 amide bonds. The quantitative estimate of drug-likeness (QED) is 0.847. The molecule has 1 aromatic carbocycles. The van der Waals surface area contributed by atoms with Crippen molar-refractivity contribution in [2.75, 3.05) is 46.4 Å². The van der Waals surface area contributed by atoms with Crippen LogP contribution in [0.3, 0.4) is 0 Å². The van der Waals surface area contributed by atoms with Crippen LogP contribution in [0.25, 0.3) is 0 Å². The number of rotatable bonds is 5. The van der Waals surface area contributed by atoms with Gasteiger partial charge in [-0.1, -0.05) is 0 Å². The maximum Gasteiger partial charge on any atom is 0.119 e. The van der Waals surface area contributed by atoms with Gasteiger partial charge in [-0.05, 0) is 31.3 Å². The molecule has 1 unspecified atom stereocenters. The molecule has 5 nitrogen and oxygen atoms in total. The summed E-state index contributed by atoms with van der Waals surface area (Å²) < 4.78 is 5.72. The van der Waals surface area contributed by atoms with Gasteiger partial charge >= 0.3 is 0 Å². The summed E-state index contributed by atoms with van der Waals surface area (Å²) in [4.78, 5) is 4.71. The van der Waals surface area contributed by atoms with E-state index in [1.165, 1.54) is 0 Å². The maximum absolute atomic E-state index is 8.74. The van der Waals surface area contributed by atoms with Crippen LogP contribution >= 0.6 is 0 Å². The van der Waals surface area contributed by atoms with Crippen molar-refractivity contribution in [3.63, 3.8) is 0 Å². The molecule has 5 heteroatoms. The molecule has 1 aliphatic heterocycles. The minimum Gasteiger partial charge on any atom is -0.492 e. The number of nitrogens with zero attached hydrogens (tertiary/aromatic N) is 3. The predicted octanol–water partition coefficient (Wildman–Crippen LogP) is 0.512. The lowest BCUT2D eigenvalue weighted by molar-refractivity contribution is 0.0807. The summed E-state index contributed by atoms with van der Waals surface area (Å²) in [6.07, 6.45) is 0. The molecule has 1 saturated heterocycles. The number of hydrogen-bond donors (Lipinski definition) is 1. The lowest BCUT2D eigenvalue weighted by atomic mass is 10.2. The van der Waals surface area contributed by atoms with Crippen LogP contribution in [-0.2, 0) is 0 Å². The Balaban J connectivity index is 1.78. The van der Waals surface area contributed by atoms with E-state index in [-0.39, 0.29) is 0 Å². The third-order valence-corrected chi connectivity index (χ3v) is 3.71. The highest BCUT2D eigenvalue weighted by atomic mass is 16.5. The molecule has 0 saturated carbocycles. The second kappa shape index (κ2) is 7.25. The topological polar surface area (TPSA) is 65.5 Å². The van der Waals surface area contributed by atoms with E-state index >= 15 is 0 Å². The molecule has 20 heavy (non-hydrogen) atoms. The molecule has 1 aliphatic rings. The van der Waals surface area contributed by atoms with Gasteiger partial charge in [-0.15, -0.1) is 0 Å². The van der Waals surface area contributed by atoms with Crippen LogP contribution in [-0.4, -0.2) is 62.2 Å². The van der Waals surface area contributed by atoms with Crippen molar-refractivity contribution in [3.05, 3.63) is 29.8 Å². The fraction of sp³-hybridized carbons (Fsp3) is 0.533. The van der Waals surface area contributed by atoms with Gasteiger partial charge in [-0.3, -0.25) is 4.90 Å². The van der Waals surface area contributed by atoms with Crippen LogP contribution in [0.4, 0.5) is 0 Å². The van der Waals surface area contributed by atoms with Gasteiger partial charge in [0.25, 0.3) is 0 Å². The first-order valence-corrected chi connectivity index (χ1v) is 6.98. The molecule has 0 aliphatic carbocycles. The van der Waals surface area contributed by atoms with Crippen molar-refractivity contribution >= 4 is 0 Å². The maximum atomic E-state index is 8.74. The number of ether oxygens (including phenoxy) is 1. The lowest BCUT2D eigenvalue weighted by Gasteiger charge is -2.39. The normalized spacial score (nSPS) is 20.6. The first-order valence-electron chi connectivity index (χ1n) is 6.98. The van der Waals surface area contributed by atoms with Gasteiger partial charge in [-0.2, -0.15) is 5.26 Å². The zero-order chi connectivity index (χ0) is 14.4. The molecule has 2 rings (SSSR count). The summed E-state index contributed by atoms with van der Waals surface area (Å²) in [7, 11) is 2.13. The van der Waals surface area contributed by atoms with Crippen molar-refractivity contribution in [3.8, 4) is 11.8 Å². The van der Waals surface area contributed by atoms with Crippen LogP contribution < -0.4 is 10.5 Å². The number of hydrogen-bond acceptors (Lipinski definition) is 5. The standard InChI is InChI=1S/C15H22N4O/c1-18-6-7-19(14(11-17)12-18)8-9-20-15-4-2-13(10-16)3-5-15/h2-5,14H,6-9,11-12,17H2,1H3. The monoisotopic (exact) mass is 274 g/mol. The van der Waals surface area contributed by atoms with Gasteiger partial charge < -0.3 is 15.4 Å². The first kappa shape index (κ1) is 14.8. The summed E-state index contributed by atoms with van der Waals surface area (Å²) in [5, 5.41) is 8.74. The largest absolute Gasteiger partial charge is 0.492 e. The second-order valence-corrected chi connectivity index (χ2v) is 5.17. The van der Waals surface area contributed by atoms with Crippen LogP contribution in [0.1, 0.15) is 5.56 Å². The molecule has 1 heterocycles. The summed E-state index contributed by atoms with van der Waals surface area (Å²) in [6, 6.07) is 9.73. The zero-order valence-electron chi connectivity index (χ0n) is 12.0. The average Bonchev–Trinajstić information content (AvgIpc) is 2.49. The van der Waals surface area contributed by atoms with Crippen molar-refractivity contribution in [2.24, 2.45) is 5.73 Å². The molecular weight excluding hydrogens is 252 g/mol. The van der Waals surface area contributed by atoms with E-state index in [2.05, 4.69) is 22.9 Å². The Morgan fingerprint density at radius 1 is 1.35 bits per heavy atom. The van der Waals surface area contributed by atoms with Crippen LogP contribution in [0.2, 0.25) is 0 Å².